The lowest BCUT2D eigenvalue weighted by atomic mass is 9.80. The first-order chi connectivity index (χ1) is 7.23. The van der Waals surface area contributed by atoms with Crippen molar-refractivity contribution in [1.29, 1.82) is 0 Å². The molecule has 1 aliphatic carbocycles. The average Bonchev–Trinajstić information content (AvgIpc) is 2.31. The summed E-state index contributed by atoms with van der Waals surface area (Å²) in [6.45, 7) is 9.16. The maximum Gasteiger partial charge on any atom is 0.0323 e. The number of hydrogen-bond acceptors (Lipinski definition) is 2. The van der Waals surface area contributed by atoms with Gasteiger partial charge in [0.25, 0.3) is 0 Å². The van der Waals surface area contributed by atoms with E-state index in [1.165, 1.54) is 18.5 Å². The van der Waals surface area contributed by atoms with Gasteiger partial charge in [-0.3, -0.25) is 0 Å². The van der Waals surface area contributed by atoms with Gasteiger partial charge in [0, 0.05) is 31.9 Å². The summed E-state index contributed by atoms with van der Waals surface area (Å²) < 4.78 is 0. The average molecular weight is 206 g/mol. The lowest BCUT2D eigenvalue weighted by molar-refractivity contribution is 0.299. The number of nitrogens with one attached hydrogen (secondary N) is 1. The topological polar surface area (TPSA) is 15.3 Å². The number of piperazine rings is 1. The summed E-state index contributed by atoms with van der Waals surface area (Å²) in [5.41, 5.74) is 1.83. The maximum atomic E-state index is 3.39. The van der Waals surface area contributed by atoms with Crippen molar-refractivity contribution in [2.45, 2.75) is 26.7 Å². The lowest BCUT2D eigenvalue weighted by Crippen LogP contribution is -2.42. The van der Waals surface area contributed by atoms with E-state index < -0.39 is 0 Å². The predicted octanol–water partition coefficient (Wildman–Crippen LogP) is 2.15. The normalized spacial score (nSPS) is 31.6. The van der Waals surface area contributed by atoms with Crippen molar-refractivity contribution in [2.24, 2.45) is 5.41 Å². The zero-order chi connectivity index (χ0) is 10.7. The molecule has 2 aliphatic rings. The van der Waals surface area contributed by atoms with Crippen LogP contribution >= 0.6 is 0 Å². The molecule has 2 heteroatoms. The van der Waals surface area contributed by atoms with E-state index in [2.05, 4.69) is 42.3 Å². The summed E-state index contributed by atoms with van der Waals surface area (Å²) in [6.07, 6.45) is 9.55. The van der Waals surface area contributed by atoms with E-state index in [1.54, 1.807) is 0 Å². The molecule has 0 amide bonds. The molecule has 1 heterocycles. The van der Waals surface area contributed by atoms with Crippen molar-refractivity contribution in [3.8, 4) is 0 Å². The molecular formula is C13H22N2. The maximum absolute atomic E-state index is 3.39. The molecule has 1 aliphatic heterocycles. The summed E-state index contributed by atoms with van der Waals surface area (Å²) >= 11 is 0. The van der Waals surface area contributed by atoms with Crippen LogP contribution in [0.15, 0.2) is 23.9 Å². The molecule has 1 saturated heterocycles. The van der Waals surface area contributed by atoms with Gasteiger partial charge in [0.2, 0.25) is 0 Å². The van der Waals surface area contributed by atoms with Crippen molar-refractivity contribution in [3.05, 3.63) is 23.9 Å². The second-order valence-corrected chi connectivity index (χ2v) is 4.91. The first-order valence-corrected chi connectivity index (χ1v) is 6.08. The van der Waals surface area contributed by atoms with Crippen LogP contribution < -0.4 is 5.32 Å². The Kier molecular flexibility index (Phi) is 3.15. The largest absolute Gasteiger partial charge is 0.369 e. The lowest BCUT2D eigenvalue weighted by Gasteiger charge is -2.34. The van der Waals surface area contributed by atoms with Crippen LogP contribution in [0.3, 0.4) is 0 Å². The Morgan fingerprint density at radius 3 is 2.67 bits per heavy atom. The van der Waals surface area contributed by atoms with Gasteiger partial charge >= 0.3 is 0 Å². The molecule has 1 fully saturated rings. The first kappa shape index (κ1) is 10.7. The van der Waals surface area contributed by atoms with Crippen molar-refractivity contribution < 1.29 is 0 Å². The summed E-state index contributed by atoms with van der Waals surface area (Å²) in [5, 5.41) is 3.39. The molecule has 84 valence electrons. The molecule has 0 radical (unpaired) electrons. The minimum atomic E-state index is 0.400. The Balaban J connectivity index is 1.99. The van der Waals surface area contributed by atoms with E-state index in [0.29, 0.717) is 5.41 Å². The van der Waals surface area contributed by atoms with E-state index in [0.717, 1.165) is 26.2 Å². The monoisotopic (exact) mass is 206 g/mol. The smallest absolute Gasteiger partial charge is 0.0323 e. The molecule has 0 bridgehead atoms. The van der Waals surface area contributed by atoms with E-state index in [9.17, 15) is 0 Å². The standard InChI is InChI=1S/C13H22N2/c1-3-13(2)6-4-12(5-7-13)15-10-8-14-9-11-15/h4-6,14H,3,7-11H2,1-2H3. The van der Waals surface area contributed by atoms with Crippen molar-refractivity contribution >= 4 is 0 Å². The van der Waals surface area contributed by atoms with Crippen molar-refractivity contribution in [1.82, 2.24) is 10.2 Å². The number of nitrogens with zero attached hydrogens (tertiary/aromatic N) is 1. The highest BCUT2D eigenvalue weighted by Gasteiger charge is 2.22. The van der Waals surface area contributed by atoms with Gasteiger partial charge in [-0.15, -0.1) is 0 Å². The molecule has 0 aromatic carbocycles. The third-order valence-electron chi connectivity index (χ3n) is 3.72. The van der Waals surface area contributed by atoms with Crippen LogP contribution in [0, 0.1) is 5.41 Å². The Labute approximate surface area is 93.0 Å². The first-order valence-electron chi connectivity index (χ1n) is 6.08. The van der Waals surface area contributed by atoms with Crippen LogP contribution in [-0.4, -0.2) is 31.1 Å². The van der Waals surface area contributed by atoms with Crippen LogP contribution in [0.1, 0.15) is 26.7 Å². The minimum absolute atomic E-state index is 0.400. The Morgan fingerprint density at radius 1 is 1.40 bits per heavy atom. The number of allylic oxidation sites excluding steroid dienone is 3. The molecule has 1 unspecified atom stereocenters. The molecular weight excluding hydrogens is 184 g/mol. The van der Waals surface area contributed by atoms with Crippen LogP contribution in [0.5, 0.6) is 0 Å². The number of hydrogen-bond donors (Lipinski definition) is 1. The highest BCUT2D eigenvalue weighted by Crippen LogP contribution is 2.33. The highest BCUT2D eigenvalue weighted by atomic mass is 15.2. The minimum Gasteiger partial charge on any atom is -0.369 e. The van der Waals surface area contributed by atoms with E-state index in [-0.39, 0.29) is 0 Å². The van der Waals surface area contributed by atoms with Crippen LogP contribution in [0.25, 0.3) is 0 Å². The van der Waals surface area contributed by atoms with Crippen LogP contribution in [-0.2, 0) is 0 Å². The van der Waals surface area contributed by atoms with Gasteiger partial charge in [-0.05, 0) is 24.3 Å². The van der Waals surface area contributed by atoms with Crippen molar-refractivity contribution in [3.63, 3.8) is 0 Å². The zero-order valence-corrected chi connectivity index (χ0v) is 9.92. The second-order valence-electron chi connectivity index (χ2n) is 4.91. The third-order valence-corrected chi connectivity index (χ3v) is 3.72. The van der Waals surface area contributed by atoms with E-state index >= 15 is 0 Å². The van der Waals surface area contributed by atoms with Crippen molar-refractivity contribution in [2.75, 3.05) is 26.2 Å². The van der Waals surface area contributed by atoms with E-state index in [4.69, 9.17) is 0 Å². The molecule has 1 N–H and O–H groups in total. The van der Waals surface area contributed by atoms with Gasteiger partial charge in [0.1, 0.15) is 0 Å². The number of rotatable bonds is 2. The molecule has 0 spiro atoms. The van der Waals surface area contributed by atoms with Gasteiger partial charge in [-0.1, -0.05) is 26.0 Å². The van der Waals surface area contributed by atoms with Gasteiger partial charge in [0.15, 0.2) is 0 Å². The quantitative estimate of drug-likeness (QED) is 0.745. The van der Waals surface area contributed by atoms with Gasteiger partial charge in [-0.25, -0.2) is 0 Å². The van der Waals surface area contributed by atoms with Crippen LogP contribution in [0.2, 0.25) is 0 Å². The second kappa shape index (κ2) is 4.40. The summed E-state index contributed by atoms with van der Waals surface area (Å²) in [4.78, 5) is 2.49. The fourth-order valence-electron chi connectivity index (χ4n) is 2.18. The highest BCUT2D eigenvalue weighted by molar-refractivity contribution is 5.25. The third kappa shape index (κ3) is 2.43. The zero-order valence-electron chi connectivity index (χ0n) is 9.92. The Hall–Kier alpha value is -0.760. The van der Waals surface area contributed by atoms with Gasteiger partial charge in [-0.2, -0.15) is 0 Å². The predicted molar refractivity (Wildman–Crippen MR) is 64.7 cm³/mol. The van der Waals surface area contributed by atoms with E-state index in [1.807, 2.05) is 0 Å². The summed E-state index contributed by atoms with van der Waals surface area (Å²) in [6, 6.07) is 0. The molecule has 15 heavy (non-hydrogen) atoms. The molecule has 0 aromatic heterocycles. The fourth-order valence-corrected chi connectivity index (χ4v) is 2.18. The SMILES string of the molecule is CCC1(C)C=CC(N2CCNCC2)=CC1. The molecule has 1 atom stereocenters. The summed E-state index contributed by atoms with van der Waals surface area (Å²) in [5.74, 6) is 0. The fraction of sp³-hybridized carbons (Fsp3) is 0.692. The van der Waals surface area contributed by atoms with Gasteiger partial charge in [0.05, 0.1) is 0 Å². The Morgan fingerprint density at radius 2 is 2.13 bits per heavy atom. The van der Waals surface area contributed by atoms with Gasteiger partial charge < -0.3 is 10.2 Å². The Bertz CT molecular complexity index is 274. The van der Waals surface area contributed by atoms with Crippen LogP contribution in [0.4, 0.5) is 0 Å². The molecule has 0 aromatic rings. The molecule has 0 saturated carbocycles. The summed E-state index contributed by atoms with van der Waals surface area (Å²) in [7, 11) is 0. The molecule has 2 rings (SSSR count). The molecule has 2 nitrogen and oxygen atoms in total.